The molecule has 0 spiro atoms. The van der Waals surface area contributed by atoms with Crippen LogP contribution in [0.15, 0.2) is 16.7 Å². The minimum absolute atomic E-state index is 0.0461. The van der Waals surface area contributed by atoms with Gasteiger partial charge in [0.25, 0.3) is 0 Å². The highest BCUT2D eigenvalue weighted by atomic mass is 79.9. The number of hydrogen-bond acceptors (Lipinski definition) is 3. The van der Waals surface area contributed by atoms with Gasteiger partial charge >= 0.3 is 6.18 Å². The fraction of sp³-hybridized carbons (Fsp3) is 0.615. The number of ether oxygens (including phenoxy) is 1. The fourth-order valence-corrected chi connectivity index (χ4v) is 2.80. The van der Waals surface area contributed by atoms with Gasteiger partial charge in [-0.25, -0.2) is 4.98 Å². The largest absolute Gasteiger partial charge is 0.419 e. The standard InChI is InChI=1S/C13H16BrF3N2O/c1-12(2)9(5-10(12)20-3)19-11-8(13(15,16)17)4-7(14)6-18-11/h4,6,9-10H,5H2,1-3H3,(H,18,19). The van der Waals surface area contributed by atoms with Crippen molar-refractivity contribution < 1.29 is 17.9 Å². The summed E-state index contributed by atoms with van der Waals surface area (Å²) in [5.41, 5.74) is -0.990. The number of aromatic nitrogens is 1. The Hall–Kier alpha value is -0.820. The highest BCUT2D eigenvalue weighted by molar-refractivity contribution is 9.10. The molecule has 0 radical (unpaired) electrons. The Morgan fingerprint density at radius 1 is 1.45 bits per heavy atom. The molecule has 0 aliphatic heterocycles. The lowest BCUT2D eigenvalue weighted by atomic mass is 9.64. The van der Waals surface area contributed by atoms with Crippen molar-refractivity contribution in [1.29, 1.82) is 0 Å². The molecule has 2 rings (SSSR count). The van der Waals surface area contributed by atoms with E-state index in [1.165, 1.54) is 6.20 Å². The zero-order chi connectivity index (χ0) is 15.1. The monoisotopic (exact) mass is 352 g/mol. The van der Waals surface area contributed by atoms with Crippen LogP contribution in [0.5, 0.6) is 0 Å². The van der Waals surface area contributed by atoms with Gasteiger partial charge in [-0.1, -0.05) is 13.8 Å². The number of anilines is 1. The highest BCUT2D eigenvalue weighted by Gasteiger charge is 2.49. The average Bonchev–Trinajstić information content (AvgIpc) is 2.34. The topological polar surface area (TPSA) is 34.1 Å². The van der Waals surface area contributed by atoms with Crippen molar-refractivity contribution in [1.82, 2.24) is 4.98 Å². The van der Waals surface area contributed by atoms with Gasteiger partial charge in [-0.3, -0.25) is 0 Å². The lowest BCUT2D eigenvalue weighted by molar-refractivity contribution is -0.137. The van der Waals surface area contributed by atoms with Crippen LogP contribution in [-0.4, -0.2) is 24.2 Å². The van der Waals surface area contributed by atoms with Crippen molar-refractivity contribution in [3.8, 4) is 0 Å². The summed E-state index contributed by atoms with van der Waals surface area (Å²) in [7, 11) is 1.61. The molecule has 0 saturated heterocycles. The first-order chi connectivity index (χ1) is 9.16. The highest BCUT2D eigenvalue weighted by Crippen LogP contribution is 2.45. The Labute approximate surface area is 124 Å². The molecule has 0 amide bonds. The van der Waals surface area contributed by atoms with Crippen LogP contribution in [0, 0.1) is 5.41 Å². The summed E-state index contributed by atoms with van der Waals surface area (Å²) in [6, 6.07) is 0.941. The molecule has 112 valence electrons. The molecule has 1 aromatic rings. The van der Waals surface area contributed by atoms with Crippen LogP contribution < -0.4 is 5.32 Å². The Morgan fingerprint density at radius 3 is 2.60 bits per heavy atom. The third-order valence-electron chi connectivity index (χ3n) is 3.93. The molecule has 1 N–H and O–H groups in total. The molecule has 1 fully saturated rings. The van der Waals surface area contributed by atoms with E-state index in [2.05, 4.69) is 26.2 Å². The molecule has 0 aromatic carbocycles. The molecule has 1 aromatic heterocycles. The van der Waals surface area contributed by atoms with Crippen LogP contribution in [0.4, 0.5) is 19.0 Å². The zero-order valence-electron chi connectivity index (χ0n) is 11.4. The van der Waals surface area contributed by atoms with Gasteiger partial charge < -0.3 is 10.1 Å². The summed E-state index contributed by atoms with van der Waals surface area (Å²) in [6.07, 6.45) is -2.37. The second-order valence-corrected chi connectivity index (χ2v) is 6.44. The molecule has 1 saturated carbocycles. The second-order valence-electron chi connectivity index (χ2n) is 5.53. The van der Waals surface area contributed by atoms with E-state index in [1.807, 2.05) is 13.8 Å². The number of nitrogens with one attached hydrogen (secondary N) is 1. The smallest absolute Gasteiger partial charge is 0.381 e. The van der Waals surface area contributed by atoms with Crippen molar-refractivity contribution in [2.24, 2.45) is 5.41 Å². The summed E-state index contributed by atoms with van der Waals surface area (Å²) in [6.45, 7) is 3.93. The quantitative estimate of drug-likeness (QED) is 0.889. The number of methoxy groups -OCH3 is 1. The number of alkyl halides is 3. The molecule has 2 unspecified atom stereocenters. The van der Waals surface area contributed by atoms with Gasteiger partial charge in [-0.15, -0.1) is 0 Å². The molecular weight excluding hydrogens is 337 g/mol. The molecule has 1 heterocycles. The maximum absolute atomic E-state index is 13.0. The van der Waals surface area contributed by atoms with Gasteiger partial charge in [0.15, 0.2) is 0 Å². The van der Waals surface area contributed by atoms with Crippen molar-refractivity contribution in [2.45, 2.75) is 38.6 Å². The van der Waals surface area contributed by atoms with E-state index >= 15 is 0 Å². The second kappa shape index (κ2) is 5.18. The van der Waals surface area contributed by atoms with Gasteiger partial charge in [-0.05, 0) is 28.4 Å². The van der Waals surface area contributed by atoms with Gasteiger partial charge in [0.2, 0.25) is 0 Å². The summed E-state index contributed by atoms with van der Waals surface area (Å²) >= 11 is 3.02. The molecule has 0 bridgehead atoms. The third kappa shape index (κ3) is 2.79. The molecule has 2 atom stereocenters. The van der Waals surface area contributed by atoms with Crippen LogP contribution in [0.1, 0.15) is 25.8 Å². The van der Waals surface area contributed by atoms with E-state index in [9.17, 15) is 13.2 Å². The molecule has 1 aliphatic rings. The van der Waals surface area contributed by atoms with Crippen molar-refractivity contribution in [2.75, 3.05) is 12.4 Å². The summed E-state index contributed by atoms with van der Waals surface area (Å²) in [5.74, 6) is -0.131. The van der Waals surface area contributed by atoms with E-state index in [0.717, 1.165) is 6.07 Å². The minimum Gasteiger partial charge on any atom is -0.381 e. The first kappa shape index (κ1) is 15.6. The molecule has 7 heteroatoms. The fourth-order valence-electron chi connectivity index (χ4n) is 2.47. The predicted molar refractivity (Wildman–Crippen MR) is 73.5 cm³/mol. The normalized spacial score (nSPS) is 25.1. The Balaban J connectivity index is 2.23. The van der Waals surface area contributed by atoms with Crippen LogP contribution >= 0.6 is 15.9 Å². The van der Waals surface area contributed by atoms with E-state index in [-0.39, 0.29) is 23.4 Å². The van der Waals surface area contributed by atoms with Gasteiger partial charge in [0.05, 0.1) is 11.7 Å². The van der Waals surface area contributed by atoms with Crippen LogP contribution in [0.3, 0.4) is 0 Å². The maximum Gasteiger partial charge on any atom is 0.419 e. The number of pyridine rings is 1. The van der Waals surface area contributed by atoms with Crippen molar-refractivity contribution in [3.63, 3.8) is 0 Å². The van der Waals surface area contributed by atoms with E-state index in [4.69, 9.17) is 4.74 Å². The van der Waals surface area contributed by atoms with E-state index in [1.54, 1.807) is 7.11 Å². The zero-order valence-corrected chi connectivity index (χ0v) is 13.0. The summed E-state index contributed by atoms with van der Waals surface area (Å²) in [4.78, 5) is 3.86. The number of nitrogens with zero attached hydrogens (tertiary/aromatic N) is 1. The molecule has 1 aliphatic carbocycles. The SMILES string of the molecule is COC1CC(Nc2ncc(Br)cc2C(F)(F)F)C1(C)C. The van der Waals surface area contributed by atoms with Crippen molar-refractivity contribution >= 4 is 21.7 Å². The molecule has 20 heavy (non-hydrogen) atoms. The lowest BCUT2D eigenvalue weighted by Crippen LogP contribution is -2.57. The third-order valence-corrected chi connectivity index (χ3v) is 4.37. The Kier molecular flexibility index (Phi) is 4.03. The Bertz CT molecular complexity index is 505. The number of rotatable bonds is 3. The predicted octanol–water partition coefficient (Wildman–Crippen LogP) is 4.09. The van der Waals surface area contributed by atoms with Gasteiger partial charge in [-0.2, -0.15) is 13.2 Å². The molecular formula is C13H16BrF3N2O. The minimum atomic E-state index is -4.44. The van der Waals surface area contributed by atoms with Crippen LogP contribution in [-0.2, 0) is 10.9 Å². The average molecular weight is 353 g/mol. The van der Waals surface area contributed by atoms with Crippen molar-refractivity contribution in [3.05, 3.63) is 22.3 Å². The number of halogens is 4. The van der Waals surface area contributed by atoms with Crippen LogP contribution in [0.2, 0.25) is 0 Å². The number of hydrogen-bond donors (Lipinski definition) is 1. The van der Waals surface area contributed by atoms with Gasteiger partial charge in [0.1, 0.15) is 5.82 Å². The first-order valence-corrected chi connectivity index (χ1v) is 6.97. The van der Waals surface area contributed by atoms with E-state index < -0.39 is 11.7 Å². The lowest BCUT2D eigenvalue weighted by Gasteiger charge is -2.51. The maximum atomic E-state index is 13.0. The summed E-state index contributed by atoms with van der Waals surface area (Å²) in [5, 5.41) is 2.90. The van der Waals surface area contributed by atoms with E-state index in [0.29, 0.717) is 10.9 Å². The van der Waals surface area contributed by atoms with Crippen LogP contribution in [0.25, 0.3) is 0 Å². The van der Waals surface area contributed by atoms with Gasteiger partial charge in [0, 0.05) is 29.2 Å². The molecule has 3 nitrogen and oxygen atoms in total. The summed E-state index contributed by atoms with van der Waals surface area (Å²) < 4.78 is 44.6. The first-order valence-electron chi connectivity index (χ1n) is 6.18. The Morgan fingerprint density at radius 2 is 2.10 bits per heavy atom.